The van der Waals surface area contributed by atoms with Crippen molar-refractivity contribution < 1.29 is 10.2 Å². The predicted octanol–water partition coefficient (Wildman–Crippen LogP) is 2.00. The Morgan fingerprint density at radius 2 is 2.12 bits per heavy atom. The fraction of sp³-hybridized carbons (Fsp3) is 0.538. The van der Waals surface area contributed by atoms with Gasteiger partial charge in [-0.25, -0.2) is 0 Å². The minimum Gasteiger partial charge on any atom is -0.395 e. The Labute approximate surface area is 108 Å². The van der Waals surface area contributed by atoms with Crippen LogP contribution in [0.15, 0.2) is 18.2 Å². The van der Waals surface area contributed by atoms with Crippen molar-refractivity contribution in [3.8, 4) is 0 Å². The highest BCUT2D eigenvalue weighted by Crippen LogP contribution is 2.21. The molecule has 2 N–H and O–H groups in total. The lowest BCUT2D eigenvalue weighted by Gasteiger charge is -2.23. The van der Waals surface area contributed by atoms with Crippen LogP contribution in [-0.2, 0) is 0 Å². The van der Waals surface area contributed by atoms with Crippen LogP contribution in [0.1, 0.15) is 24.2 Å². The third kappa shape index (κ3) is 4.28. The van der Waals surface area contributed by atoms with Crippen LogP contribution >= 0.6 is 11.6 Å². The van der Waals surface area contributed by atoms with Crippen molar-refractivity contribution >= 4 is 11.6 Å². The van der Waals surface area contributed by atoms with E-state index in [-0.39, 0.29) is 6.61 Å². The average Bonchev–Trinajstić information content (AvgIpc) is 2.31. The van der Waals surface area contributed by atoms with Crippen molar-refractivity contribution in [3.63, 3.8) is 0 Å². The van der Waals surface area contributed by atoms with Crippen molar-refractivity contribution in [1.29, 1.82) is 0 Å². The van der Waals surface area contributed by atoms with E-state index in [1.54, 1.807) is 6.07 Å². The summed E-state index contributed by atoms with van der Waals surface area (Å²) in [6.07, 6.45) is -0.544. The molecule has 0 aliphatic carbocycles. The number of aliphatic hydroxyl groups excluding tert-OH is 2. The first kappa shape index (κ1) is 14.5. The molecule has 0 spiro atoms. The number of hydrogen-bond donors (Lipinski definition) is 2. The largest absolute Gasteiger partial charge is 0.395 e. The minimum atomic E-state index is -0.544. The van der Waals surface area contributed by atoms with Gasteiger partial charge in [-0.05, 0) is 30.7 Å². The summed E-state index contributed by atoms with van der Waals surface area (Å²) in [7, 11) is 0. The van der Waals surface area contributed by atoms with Gasteiger partial charge in [0.15, 0.2) is 0 Å². The molecular formula is C13H20ClNO2. The van der Waals surface area contributed by atoms with Gasteiger partial charge in [-0.15, -0.1) is 0 Å². The Bertz CT molecular complexity index is 357. The lowest BCUT2D eigenvalue weighted by atomic mass is 10.1. The van der Waals surface area contributed by atoms with Crippen molar-refractivity contribution in [2.75, 3.05) is 26.2 Å². The summed E-state index contributed by atoms with van der Waals surface area (Å²) in [5, 5.41) is 19.7. The molecule has 0 saturated carbocycles. The predicted molar refractivity (Wildman–Crippen MR) is 70.3 cm³/mol. The molecule has 0 aromatic heterocycles. The van der Waals surface area contributed by atoms with E-state index in [0.29, 0.717) is 18.1 Å². The quantitative estimate of drug-likeness (QED) is 0.819. The number of likely N-dealkylation sites (N-methyl/N-ethyl adjacent to an activating group) is 1. The van der Waals surface area contributed by atoms with Crippen molar-refractivity contribution in [3.05, 3.63) is 34.3 Å². The number of aryl methyl sites for hydroxylation is 1. The molecule has 1 rings (SSSR count). The maximum Gasteiger partial charge on any atom is 0.0917 e. The molecule has 3 nitrogen and oxygen atoms in total. The van der Waals surface area contributed by atoms with E-state index in [1.807, 2.05) is 30.9 Å². The maximum absolute atomic E-state index is 10.1. The molecule has 4 heteroatoms. The zero-order valence-electron chi connectivity index (χ0n) is 10.4. The van der Waals surface area contributed by atoms with Crippen LogP contribution in [0.5, 0.6) is 0 Å². The van der Waals surface area contributed by atoms with Gasteiger partial charge in [0.05, 0.1) is 12.7 Å². The Morgan fingerprint density at radius 3 is 2.65 bits per heavy atom. The summed E-state index contributed by atoms with van der Waals surface area (Å²) in [4.78, 5) is 2.01. The molecule has 1 aromatic rings. The molecule has 96 valence electrons. The number of halogens is 1. The summed E-state index contributed by atoms with van der Waals surface area (Å²) in [5.74, 6) is 0. The summed E-state index contributed by atoms with van der Waals surface area (Å²) < 4.78 is 0. The zero-order valence-corrected chi connectivity index (χ0v) is 11.1. The van der Waals surface area contributed by atoms with Gasteiger partial charge in [0.1, 0.15) is 0 Å². The third-order valence-corrected chi connectivity index (χ3v) is 3.29. The molecule has 0 aliphatic heterocycles. The summed E-state index contributed by atoms with van der Waals surface area (Å²) >= 11 is 5.94. The van der Waals surface area contributed by atoms with E-state index < -0.39 is 6.10 Å². The average molecular weight is 258 g/mol. The molecule has 0 fully saturated rings. The van der Waals surface area contributed by atoms with Crippen LogP contribution in [0.3, 0.4) is 0 Å². The smallest absolute Gasteiger partial charge is 0.0917 e. The number of hydrogen-bond acceptors (Lipinski definition) is 3. The Balaban J connectivity index is 2.68. The van der Waals surface area contributed by atoms with Gasteiger partial charge in [-0.1, -0.05) is 30.7 Å². The van der Waals surface area contributed by atoms with Gasteiger partial charge in [0.2, 0.25) is 0 Å². The van der Waals surface area contributed by atoms with Gasteiger partial charge in [0, 0.05) is 18.1 Å². The zero-order chi connectivity index (χ0) is 12.8. The molecule has 0 aliphatic rings. The molecule has 1 atom stereocenters. The highest BCUT2D eigenvalue weighted by molar-refractivity contribution is 6.31. The first-order valence-corrected chi connectivity index (χ1v) is 6.23. The van der Waals surface area contributed by atoms with Crippen LogP contribution in [-0.4, -0.2) is 41.4 Å². The Kier molecular flexibility index (Phi) is 5.92. The lowest BCUT2D eigenvalue weighted by Crippen LogP contribution is -2.31. The lowest BCUT2D eigenvalue weighted by molar-refractivity contribution is 0.103. The van der Waals surface area contributed by atoms with E-state index in [1.165, 1.54) is 0 Å². The van der Waals surface area contributed by atoms with Crippen LogP contribution in [0, 0.1) is 6.92 Å². The second kappa shape index (κ2) is 6.97. The fourth-order valence-corrected chi connectivity index (χ4v) is 1.86. The van der Waals surface area contributed by atoms with Gasteiger partial charge in [-0.3, -0.25) is 4.90 Å². The molecule has 0 heterocycles. The number of benzene rings is 1. The van der Waals surface area contributed by atoms with E-state index in [2.05, 4.69) is 0 Å². The Morgan fingerprint density at radius 1 is 1.41 bits per heavy atom. The number of rotatable bonds is 6. The topological polar surface area (TPSA) is 43.7 Å². The van der Waals surface area contributed by atoms with E-state index in [0.717, 1.165) is 17.7 Å². The second-order valence-electron chi connectivity index (χ2n) is 4.14. The summed E-state index contributed by atoms with van der Waals surface area (Å²) in [6, 6.07) is 5.55. The van der Waals surface area contributed by atoms with Crippen LogP contribution in [0.4, 0.5) is 0 Å². The minimum absolute atomic E-state index is 0.111. The van der Waals surface area contributed by atoms with Crippen LogP contribution in [0.25, 0.3) is 0 Å². The fourth-order valence-electron chi connectivity index (χ4n) is 1.75. The molecule has 0 bridgehead atoms. The van der Waals surface area contributed by atoms with E-state index in [9.17, 15) is 5.11 Å². The van der Waals surface area contributed by atoms with Crippen LogP contribution in [0.2, 0.25) is 5.02 Å². The van der Waals surface area contributed by atoms with Crippen molar-refractivity contribution in [2.24, 2.45) is 0 Å². The Hall–Kier alpha value is -0.610. The molecule has 1 unspecified atom stereocenters. The van der Waals surface area contributed by atoms with Gasteiger partial charge < -0.3 is 10.2 Å². The third-order valence-electron chi connectivity index (χ3n) is 2.86. The highest BCUT2D eigenvalue weighted by atomic mass is 35.5. The van der Waals surface area contributed by atoms with Crippen molar-refractivity contribution in [2.45, 2.75) is 20.0 Å². The normalized spacial score (nSPS) is 13.1. The number of aliphatic hydroxyl groups is 2. The standard InChI is InChI=1S/C13H20ClNO2/c1-3-15(6-7-16)9-13(17)11-4-5-12(14)10(2)8-11/h4-5,8,13,16-17H,3,6-7,9H2,1-2H3. The van der Waals surface area contributed by atoms with Crippen molar-refractivity contribution in [1.82, 2.24) is 4.90 Å². The molecule has 0 saturated heterocycles. The van der Waals surface area contributed by atoms with E-state index in [4.69, 9.17) is 16.7 Å². The number of nitrogens with zero attached hydrogens (tertiary/aromatic N) is 1. The van der Waals surface area contributed by atoms with E-state index >= 15 is 0 Å². The van der Waals surface area contributed by atoms with Gasteiger partial charge in [-0.2, -0.15) is 0 Å². The molecule has 17 heavy (non-hydrogen) atoms. The first-order valence-electron chi connectivity index (χ1n) is 5.85. The first-order chi connectivity index (χ1) is 8.08. The molecule has 0 radical (unpaired) electrons. The molecule has 0 amide bonds. The highest BCUT2D eigenvalue weighted by Gasteiger charge is 2.12. The van der Waals surface area contributed by atoms with Gasteiger partial charge in [0.25, 0.3) is 0 Å². The molecular weight excluding hydrogens is 238 g/mol. The van der Waals surface area contributed by atoms with Gasteiger partial charge >= 0.3 is 0 Å². The maximum atomic E-state index is 10.1. The molecule has 1 aromatic carbocycles. The summed E-state index contributed by atoms with van der Waals surface area (Å²) in [6.45, 7) is 5.96. The summed E-state index contributed by atoms with van der Waals surface area (Å²) in [5.41, 5.74) is 1.83. The monoisotopic (exact) mass is 257 g/mol. The SMILES string of the molecule is CCN(CCO)CC(O)c1ccc(Cl)c(C)c1. The second-order valence-corrected chi connectivity index (χ2v) is 4.55. The van der Waals surface area contributed by atoms with Crippen LogP contribution < -0.4 is 0 Å².